The van der Waals surface area contributed by atoms with Gasteiger partial charge in [-0.15, -0.1) is 0 Å². The third-order valence-electron chi connectivity index (χ3n) is 3.72. The van der Waals surface area contributed by atoms with E-state index < -0.39 is 0 Å². The van der Waals surface area contributed by atoms with Crippen LogP contribution in [0.4, 0.5) is 0 Å². The fourth-order valence-electron chi connectivity index (χ4n) is 2.32. The Kier molecular flexibility index (Phi) is 4.46. The lowest BCUT2D eigenvalue weighted by Gasteiger charge is -2.25. The molecule has 1 fully saturated rings. The second-order valence-corrected chi connectivity index (χ2v) is 5.79. The Labute approximate surface area is 111 Å². The van der Waals surface area contributed by atoms with Crippen molar-refractivity contribution in [2.45, 2.75) is 52.7 Å². The normalized spacial score (nSPS) is 15.9. The van der Waals surface area contributed by atoms with Crippen LogP contribution in [0.3, 0.4) is 0 Å². The van der Waals surface area contributed by atoms with Crippen LogP contribution >= 0.6 is 0 Å². The number of nitrogens with zero attached hydrogens (tertiary/aromatic N) is 1. The minimum absolute atomic E-state index is 0.587. The third kappa shape index (κ3) is 3.59. The largest absolute Gasteiger partial charge is 0.465 e. The van der Waals surface area contributed by atoms with Gasteiger partial charge in [0, 0.05) is 24.7 Å². The number of hydrogen-bond donors (Lipinski definition) is 1. The van der Waals surface area contributed by atoms with Crippen LogP contribution in [-0.4, -0.2) is 24.5 Å². The van der Waals surface area contributed by atoms with Gasteiger partial charge in [-0.2, -0.15) is 0 Å². The zero-order valence-electron chi connectivity index (χ0n) is 12.1. The van der Waals surface area contributed by atoms with Crippen molar-refractivity contribution in [2.24, 2.45) is 5.92 Å². The van der Waals surface area contributed by atoms with Crippen molar-refractivity contribution in [1.82, 2.24) is 10.2 Å². The Morgan fingerprint density at radius 3 is 2.72 bits per heavy atom. The van der Waals surface area contributed by atoms with E-state index in [0.717, 1.165) is 30.5 Å². The van der Waals surface area contributed by atoms with E-state index in [4.69, 9.17) is 4.42 Å². The van der Waals surface area contributed by atoms with Crippen LogP contribution in [0.5, 0.6) is 0 Å². The zero-order chi connectivity index (χ0) is 13.1. The summed E-state index contributed by atoms with van der Waals surface area (Å²) in [6.07, 6.45) is 2.82. The van der Waals surface area contributed by atoms with Crippen LogP contribution in [0.1, 0.15) is 43.8 Å². The Bertz CT molecular complexity index is 380. The lowest BCUT2D eigenvalue weighted by molar-refractivity contribution is 0.187. The quantitative estimate of drug-likeness (QED) is 0.806. The number of hydrogen-bond acceptors (Lipinski definition) is 3. The summed E-state index contributed by atoms with van der Waals surface area (Å²) in [6, 6.07) is 2.79. The summed E-state index contributed by atoms with van der Waals surface area (Å²) in [5.74, 6) is 3.09. The molecule has 0 radical (unpaired) electrons. The smallest absolute Gasteiger partial charge is 0.118 e. The van der Waals surface area contributed by atoms with Crippen molar-refractivity contribution in [2.75, 3.05) is 13.6 Å². The molecule has 0 aliphatic heterocycles. The fourth-order valence-corrected chi connectivity index (χ4v) is 2.32. The maximum absolute atomic E-state index is 5.87. The van der Waals surface area contributed by atoms with Crippen LogP contribution in [-0.2, 0) is 13.1 Å². The molecule has 0 amide bonds. The van der Waals surface area contributed by atoms with Crippen LogP contribution in [0, 0.1) is 12.8 Å². The fraction of sp³-hybridized carbons (Fsp3) is 0.733. The first-order valence-corrected chi connectivity index (χ1v) is 7.07. The number of aryl methyl sites for hydroxylation is 1. The molecule has 0 atom stereocenters. The molecule has 0 saturated heterocycles. The molecule has 1 aliphatic rings. The molecular weight excluding hydrogens is 224 g/mol. The minimum Gasteiger partial charge on any atom is -0.465 e. The molecule has 102 valence electrons. The average Bonchev–Trinajstić information content (AvgIpc) is 3.05. The predicted molar refractivity (Wildman–Crippen MR) is 74.5 cm³/mol. The topological polar surface area (TPSA) is 28.4 Å². The second-order valence-electron chi connectivity index (χ2n) is 5.79. The summed E-state index contributed by atoms with van der Waals surface area (Å²) in [6.45, 7) is 9.65. The molecule has 1 aromatic rings. The Hall–Kier alpha value is -0.800. The van der Waals surface area contributed by atoms with Gasteiger partial charge in [-0.3, -0.25) is 4.90 Å². The second kappa shape index (κ2) is 5.89. The summed E-state index contributed by atoms with van der Waals surface area (Å²) in [5, 5.41) is 3.18. The summed E-state index contributed by atoms with van der Waals surface area (Å²) in [5.41, 5.74) is 1.28. The molecule has 3 heteroatoms. The lowest BCUT2D eigenvalue weighted by Crippen LogP contribution is -2.32. The first kappa shape index (κ1) is 13.6. The van der Waals surface area contributed by atoms with Crippen molar-refractivity contribution in [3.8, 4) is 0 Å². The van der Waals surface area contributed by atoms with E-state index in [2.05, 4.69) is 37.1 Å². The van der Waals surface area contributed by atoms with Gasteiger partial charge in [0.25, 0.3) is 0 Å². The van der Waals surface area contributed by atoms with Gasteiger partial charge in [-0.25, -0.2) is 0 Å². The highest BCUT2D eigenvalue weighted by Gasteiger charge is 2.26. The summed E-state index contributed by atoms with van der Waals surface area (Å²) in [7, 11) is 1.97. The standard InChI is InChI=1S/C15H26N2O/c1-11(2)17(9-13-5-6-13)10-15-7-14(8-16-4)12(3)18-15/h7,11,13,16H,5-6,8-10H2,1-4H3. The highest BCUT2D eigenvalue weighted by molar-refractivity contribution is 5.20. The number of furan rings is 1. The molecule has 0 bridgehead atoms. The van der Waals surface area contributed by atoms with E-state index in [-0.39, 0.29) is 0 Å². The van der Waals surface area contributed by atoms with Crippen LogP contribution in [0.25, 0.3) is 0 Å². The molecule has 1 N–H and O–H groups in total. The third-order valence-corrected chi connectivity index (χ3v) is 3.72. The van der Waals surface area contributed by atoms with E-state index in [1.807, 2.05) is 7.05 Å². The number of rotatable bonds is 7. The van der Waals surface area contributed by atoms with Gasteiger partial charge in [0.1, 0.15) is 11.5 Å². The van der Waals surface area contributed by atoms with Crippen molar-refractivity contribution in [1.29, 1.82) is 0 Å². The predicted octanol–water partition coefficient (Wildman–Crippen LogP) is 2.93. The first-order chi connectivity index (χ1) is 8.60. The van der Waals surface area contributed by atoms with Crippen LogP contribution in [0.15, 0.2) is 10.5 Å². The van der Waals surface area contributed by atoms with Crippen LogP contribution < -0.4 is 5.32 Å². The maximum Gasteiger partial charge on any atom is 0.118 e. The Morgan fingerprint density at radius 1 is 1.44 bits per heavy atom. The van der Waals surface area contributed by atoms with Crippen molar-refractivity contribution in [3.63, 3.8) is 0 Å². The van der Waals surface area contributed by atoms with Gasteiger partial charge in [-0.1, -0.05) is 0 Å². The van der Waals surface area contributed by atoms with Crippen molar-refractivity contribution >= 4 is 0 Å². The van der Waals surface area contributed by atoms with Crippen molar-refractivity contribution < 1.29 is 4.42 Å². The van der Waals surface area contributed by atoms with E-state index in [1.165, 1.54) is 24.9 Å². The van der Waals surface area contributed by atoms with E-state index in [0.29, 0.717) is 6.04 Å². The molecule has 3 nitrogen and oxygen atoms in total. The highest BCUT2D eigenvalue weighted by Crippen LogP contribution is 2.31. The SMILES string of the molecule is CNCc1cc(CN(CC2CC2)C(C)C)oc1C. The molecule has 0 spiro atoms. The average molecular weight is 250 g/mol. The highest BCUT2D eigenvalue weighted by atomic mass is 16.3. The number of nitrogens with one attached hydrogen (secondary N) is 1. The molecule has 1 aromatic heterocycles. The monoisotopic (exact) mass is 250 g/mol. The van der Waals surface area contributed by atoms with Crippen LogP contribution in [0.2, 0.25) is 0 Å². The van der Waals surface area contributed by atoms with Gasteiger partial charge in [0.2, 0.25) is 0 Å². The summed E-state index contributed by atoms with van der Waals surface area (Å²) in [4.78, 5) is 2.53. The molecule has 2 rings (SSSR count). The molecular formula is C15H26N2O. The maximum atomic E-state index is 5.87. The van der Waals surface area contributed by atoms with Gasteiger partial charge in [-0.05, 0) is 52.6 Å². The van der Waals surface area contributed by atoms with E-state index >= 15 is 0 Å². The molecule has 1 saturated carbocycles. The Balaban J connectivity index is 1.98. The minimum atomic E-state index is 0.587. The van der Waals surface area contributed by atoms with Gasteiger partial charge >= 0.3 is 0 Å². The van der Waals surface area contributed by atoms with Gasteiger partial charge < -0.3 is 9.73 Å². The molecule has 0 unspecified atom stereocenters. The lowest BCUT2D eigenvalue weighted by atomic mass is 10.2. The Morgan fingerprint density at radius 2 is 2.17 bits per heavy atom. The molecule has 1 heterocycles. The van der Waals surface area contributed by atoms with Gasteiger partial charge in [0.05, 0.1) is 6.54 Å². The van der Waals surface area contributed by atoms with E-state index in [9.17, 15) is 0 Å². The molecule has 18 heavy (non-hydrogen) atoms. The van der Waals surface area contributed by atoms with Crippen molar-refractivity contribution in [3.05, 3.63) is 23.2 Å². The molecule has 1 aliphatic carbocycles. The first-order valence-electron chi connectivity index (χ1n) is 7.07. The van der Waals surface area contributed by atoms with Gasteiger partial charge in [0.15, 0.2) is 0 Å². The summed E-state index contributed by atoms with van der Waals surface area (Å²) >= 11 is 0. The summed E-state index contributed by atoms with van der Waals surface area (Å²) < 4.78 is 5.87. The van der Waals surface area contributed by atoms with E-state index in [1.54, 1.807) is 0 Å². The zero-order valence-corrected chi connectivity index (χ0v) is 12.1. The molecule has 0 aromatic carbocycles.